The van der Waals surface area contributed by atoms with E-state index < -0.39 is 6.04 Å². The molecule has 0 saturated heterocycles. The Labute approximate surface area is 119 Å². The summed E-state index contributed by atoms with van der Waals surface area (Å²) in [6, 6.07) is -0.563. The second kappa shape index (κ2) is 6.37. The molecule has 2 aliphatic rings. The van der Waals surface area contributed by atoms with Gasteiger partial charge in [0.15, 0.2) is 0 Å². The third kappa shape index (κ3) is 3.70. The highest BCUT2D eigenvalue weighted by atomic mass is 16.6. The lowest BCUT2D eigenvalue weighted by molar-refractivity contribution is -0.508. The molecule has 4 nitrogen and oxygen atoms in total. The summed E-state index contributed by atoms with van der Waals surface area (Å²) in [5.41, 5.74) is 2.29. The summed E-state index contributed by atoms with van der Waals surface area (Å²) >= 11 is 0. The molecule has 20 heavy (non-hydrogen) atoms. The summed E-state index contributed by atoms with van der Waals surface area (Å²) in [6.45, 7) is 0. The van der Waals surface area contributed by atoms with Crippen molar-refractivity contribution < 1.29 is 4.92 Å². The van der Waals surface area contributed by atoms with Crippen molar-refractivity contribution in [3.05, 3.63) is 70.0 Å². The first-order valence-electron chi connectivity index (χ1n) is 6.82. The van der Waals surface area contributed by atoms with Crippen LogP contribution in [0.1, 0.15) is 12.8 Å². The zero-order valence-corrected chi connectivity index (χ0v) is 11.9. The zero-order valence-electron chi connectivity index (χ0n) is 11.9. The van der Waals surface area contributed by atoms with Crippen LogP contribution in [-0.2, 0) is 0 Å². The predicted molar refractivity (Wildman–Crippen MR) is 80.8 cm³/mol. The Kier molecular flexibility index (Phi) is 4.56. The quantitative estimate of drug-likeness (QED) is 0.583. The molecule has 0 amide bonds. The summed E-state index contributed by atoms with van der Waals surface area (Å²) in [4.78, 5) is 12.5. The normalized spacial score (nSPS) is 25.5. The monoisotopic (exact) mass is 272 g/mol. The predicted octanol–water partition coefficient (Wildman–Crippen LogP) is 3.10. The van der Waals surface area contributed by atoms with Crippen LogP contribution in [0.5, 0.6) is 0 Å². The molecule has 0 aromatic heterocycles. The maximum absolute atomic E-state index is 10.6. The summed E-state index contributed by atoms with van der Waals surface area (Å²) < 4.78 is 0. The maximum Gasteiger partial charge on any atom is 0.235 e. The average molecular weight is 272 g/mol. The summed E-state index contributed by atoms with van der Waals surface area (Å²) in [6.07, 6.45) is 17.7. The van der Waals surface area contributed by atoms with E-state index in [0.717, 1.165) is 12.0 Å². The lowest BCUT2D eigenvalue weighted by atomic mass is 9.96. The van der Waals surface area contributed by atoms with Gasteiger partial charge in [-0.1, -0.05) is 36.5 Å². The van der Waals surface area contributed by atoms with Gasteiger partial charge in [-0.25, -0.2) is 0 Å². The van der Waals surface area contributed by atoms with Gasteiger partial charge in [0.2, 0.25) is 6.04 Å². The van der Waals surface area contributed by atoms with E-state index in [4.69, 9.17) is 0 Å². The zero-order chi connectivity index (χ0) is 14.5. The standard InChI is InChI=1S/C16H20N2O2/c1-17(2)15-9-5-13(6-10-15)3-4-14-7-11-16(12-8-14)18(19)20/h3-5,7-11,13,16H,6,12H2,1-2H3/b4-3+. The Morgan fingerprint density at radius 3 is 2.55 bits per heavy atom. The minimum atomic E-state index is -0.563. The Balaban J connectivity index is 1.89. The minimum absolute atomic E-state index is 0.245. The van der Waals surface area contributed by atoms with E-state index in [9.17, 15) is 10.1 Å². The van der Waals surface area contributed by atoms with Crippen LogP contribution < -0.4 is 0 Å². The fourth-order valence-electron chi connectivity index (χ4n) is 2.24. The Bertz CT molecular complexity index is 525. The fraction of sp³-hybridized carbons (Fsp3) is 0.375. The van der Waals surface area contributed by atoms with Crippen LogP contribution in [0.3, 0.4) is 0 Å². The molecule has 2 rings (SSSR count). The highest BCUT2D eigenvalue weighted by molar-refractivity contribution is 5.35. The molecule has 0 heterocycles. The lowest BCUT2D eigenvalue weighted by Gasteiger charge is -2.19. The summed E-state index contributed by atoms with van der Waals surface area (Å²) in [5.74, 6) is 0.404. The van der Waals surface area contributed by atoms with Crippen LogP contribution >= 0.6 is 0 Å². The van der Waals surface area contributed by atoms with E-state index in [0.29, 0.717) is 12.3 Å². The van der Waals surface area contributed by atoms with Crippen LogP contribution in [0, 0.1) is 16.0 Å². The molecule has 0 aromatic carbocycles. The molecule has 0 aliphatic heterocycles. The molecule has 2 unspecified atom stereocenters. The van der Waals surface area contributed by atoms with E-state index in [1.165, 1.54) is 5.70 Å². The number of nitrogens with zero attached hydrogens (tertiary/aromatic N) is 2. The van der Waals surface area contributed by atoms with Crippen molar-refractivity contribution >= 4 is 0 Å². The van der Waals surface area contributed by atoms with E-state index in [2.05, 4.69) is 35.3 Å². The fourth-order valence-corrected chi connectivity index (χ4v) is 2.24. The van der Waals surface area contributed by atoms with Gasteiger partial charge < -0.3 is 4.90 Å². The number of likely N-dealkylation sites (N-methyl/N-ethyl adjacent to an activating group) is 1. The third-order valence-corrected chi connectivity index (χ3v) is 3.54. The van der Waals surface area contributed by atoms with E-state index in [-0.39, 0.29) is 4.92 Å². The molecule has 0 spiro atoms. The molecule has 0 saturated carbocycles. The highest BCUT2D eigenvalue weighted by Crippen LogP contribution is 2.20. The molecule has 0 N–H and O–H groups in total. The SMILES string of the molecule is CN(C)C1=CCC(/C=C/C2=CCC([N+](=O)[O-])C=C2)C=C1. The smallest absolute Gasteiger partial charge is 0.235 e. The van der Waals surface area contributed by atoms with Gasteiger partial charge in [0.05, 0.1) is 0 Å². The number of rotatable bonds is 4. The Hall–Kier alpha value is -2.10. The summed E-state index contributed by atoms with van der Waals surface area (Å²) in [5, 5.41) is 10.6. The first kappa shape index (κ1) is 14.3. The van der Waals surface area contributed by atoms with Crippen LogP contribution in [0.25, 0.3) is 0 Å². The molecule has 0 bridgehead atoms. The van der Waals surface area contributed by atoms with Crippen molar-refractivity contribution in [3.8, 4) is 0 Å². The number of hydrogen-bond donors (Lipinski definition) is 0. The molecular weight excluding hydrogens is 252 g/mol. The second-order valence-corrected chi connectivity index (χ2v) is 5.29. The van der Waals surface area contributed by atoms with Gasteiger partial charge in [-0.15, -0.1) is 0 Å². The van der Waals surface area contributed by atoms with Gasteiger partial charge >= 0.3 is 0 Å². The van der Waals surface area contributed by atoms with Crippen LogP contribution in [0.2, 0.25) is 0 Å². The van der Waals surface area contributed by atoms with Gasteiger partial charge in [0.25, 0.3) is 0 Å². The van der Waals surface area contributed by atoms with Gasteiger partial charge in [-0.05, 0) is 30.1 Å². The number of hydrogen-bond acceptors (Lipinski definition) is 3. The number of nitro groups is 1. The number of allylic oxidation sites excluding steroid dienone is 7. The topological polar surface area (TPSA) is 46.4 Å². The van der Waals surface area contributed by atoms with Crippen LogP contribution in [0.4, 0.5) is 0 Å². The molecular formula is C16H20N2O2. The Morgan fingerprint density at radius 2 is 2.05 bits per heavy atom. The van der Waals surface area contributed by atoms with Gasteiger partial charge in [0, 0.05) is 31.1 Å². The first-order chi connectivity index (χ1) is 9.56. The lowest BCUT2D eigenvalue weighted by Crippen LogP contribution is -2.17. The van der Waals surface area contributed by atoms with Crippen LogP contribution in [-0.4, -0.2) is 30.0 Å². The average Bonchev–Trinajstić information content (AvgIpc) is 2.46. The van der Waals surface area contributed by atoms with Gasteiger partial charge in [-0.2, -0.15) is 0 Å². The minimum Gasteiger partial charge on any atom is -0.378 e. The van der Waals surface area contributed by atoms with Crippen molar-refractivity contribution in [2.45, 2.75) is 18.9 Å². The molecule has 0 radical (unpaired) electrons. The van der Waals surface area contributed by atoms with E-state index >= 15 is 0 Å². The third-order valence-electron chi connectivity index (χ3n) is 3.54. The molecule has 106 valence electrons. The highest BCUT2D eigenvalue weighted by Gasteiger charge is 2.17. The van der Waals surface area contributed by atoms with E-state index in [1.54, 1.807) is 6.08 Å². The van der Waals surface area contributed by atoms with Gasteiger partial charge in [0.1, 0.15) is 0 Å². The van der Waals surface area contributed by atoms with Crippen molar-refractivity contribution in [2.24, 2.45) is 5.92 Å². The summed E-state index contributed by atoms with van der Waals surface area (Å²) in [7, 11) is 4.07. The maximum atomic E-state index is 10.6. The molecule has 4 heteroatoms. The van der Waals surface area contributed by atoms with Gasteiger partial charge in [-0.3, -0.25) is 10.1 Å². The largest absolute Gasteiger partial charge is 0.378 e. The van der Waals surface area contributed by atoms with E-state index in [1.807, 2.05) is 26.2 Å². The molecule has 2 aliphatic carbocycles. The molecule has 0 fully saturated rings. The van der Waals surface area contributed by atoms with Crippen molar-refractivity contribution in [1.29, 1.82) is 0 Å². The second-order valence-electron chi connectivity index (χ2n) is 5.29. The Morgan fingerprint density at radius 1 is 1.25 bits per heavy atom. The van der Waals surface area contributed by atoms with Crippen molar-refractivity contribution in [1.82, 2.24) is 4.90 Å². The molecule has 2 atom stereocenters. The molecule has 0 aromatic rings. The first-order valence-corrected chi connectivity index (χ1v) is 6.82. The van der Waals surface area contributed by atoms with Crippen molar-refractivity contribution in [3.63, 3.8) is 0 Å². The van der Waals surface area contributed by atoms with Crippen molar-refractivity contribution in [2.75, 3.05) is 14.1 Å². The van der Waals surface area contributed by atoms with Crippen LogP contribution in [0.15, 0.2) is 59.9 Å².